The molecule has 0 radical (unpaired) electrons. The maximum Gasteiger partial charge on any atom is 0.269 e. The molecule has 23 heavy (non-hydrogen) atoms. The second-order valence-electron chi connectivity index (χ2n) is 5.41. The van der Waals surface area contributed by atoms with Crippen molar-refractivity contribution in [1.29, 1.82) is 0 Å². The van der Waals surface area contributed by atoms with Crippen LogP contribution in [-0.4, -0.2) is 26.0 Å². The van der Waals surface area contributed by atoms with Crippen molar-refractivity contribution in [1.82, 2.24) is 0 Å². The van der Waals surface area contributed by atoms with Gasteiger partial charge in [-0.15, -0.1) is 0 Å². The van der Waals surface area contributed by atoms with Crippen molar-refractivity contribution in [2.75, 3.05) is 19.1 Å². The van der Waals surface area contributed by atoms with Crippen molar-refractivity contribution >= 4 is 17.5 Å². The molecule has 3 rings (SSSR count). The molecular weight excluding hydrogens is 294 g/mol. The molecule has 1 heterocycles. The molecule has 0 saturated heterocycles. The lowest BCUT2D eigenvalue weighted by Crippen LogP contribution is -2.42. The van der Waals surface area contributed by atoms with Crippen molar-refractivity contribution in [2.24, 2.45) is 0 Å². The minimum absolute atomic E-state index is 0.127. The van der Waals surface area contributed by atoms with Gasteiger partial charge in [0.2, 0.25) is 5.91 Å². The van der Waals surface area contributed by atoms with Crippen molar-refractivity contribution in [3.8, 4) is 11.5 Å². The summed E-state index contributed by atoms with van der Waals surface area (Å²) >= 11 is 0. The lowest BCUT2D eigenvalue weighted by molar-refractivity contribution is -0.117. The number of nitrogens with zero attached hydrogens (tertiary/aromatic N) is 1. The SMILES string of the molecule is COc1cc2c(c(OC)c1)C(=O)N(c1ccc(C)cc1)C(=O)C2. The summed E-state index contributed by atoms with van der Waals surface area (Å²) in [5, 5.41) is 0. The summed E-state index contributed by atoms with van der Waals surface area (Å²) in [5.74, 6) is 0.334. The quantitative estimate of drug-likeness (QED) is 0.818. The maximum absolute atomic E-state index is 12.9. The van der Waals surface area contributed by atoms with Gasteiger partial charge in [-0.05, 0) is 30.7 Å². The van der Waals surface area contributed by atoms with Gasteiger partial charge >= 0.3 is 0 Å². The summed E-state index contributed by atoms with van der Waals surface area (Å²) in [7, 11) is 3.03. The van der Waals surface area contributed by atoms with E-state index in [0.717, 1.165) is 5.56 Å². The second kappa shape index (κ2) is 5.76. The molecule has 0 aromatic heterocycles. The highest BCUT2D eigenvalue weighted by molar-refractivity contribution is 6.25. The van der Waals surface area contributed by atoms with Gasteiger partial charge in [-0.1, -0.05) is 17.7 Å². The van der Waals surface area contributed by atoms with Crippen LogP contribution in [0.1, 0.15) is 21.5 Å². The van der Waals surface area contributed by atoms with Crippen LogP contribution in [-0.2, 0) is 11.2 Å². The number of hydrogen-bond acceptors (Lipinski definition) is 4. The number of imide groups is 1. The number of carbonyl (C=O) groups excluding carboxylic acids is 2. The average molecular weight is 311 g/mol. The van der Waals surface area contributed by atoms with E-state index in [1.165, 1.54) is 19.1 Å². The fourth-order valence-electron chi connectivity index (χ4n) is 2.73. The number of aryl methyl sites for hydroxylation is 1. The Bertz CT molecular complexity index is 780. The van der Waals surface area contributed by atoms with Gasteiger partial charge in [0.1, 0.15) is 11.5 Å². The smallest absolute Gasteiger partial charge is 0.269 e. The molecule has 2 aromatic rings. The molecule has 0 saturated carbocycles. The lowest BCUT2D eigenvalue weighted by atomic mass is 9.96. The van der Waals surface area contributed by atoms with E-state index >= 15 is 0 Å². The van der Waals surface area contributed by atoms with Gasteiger partial charge in [0, 0.05) is 6.07 Å². The summed E-state index contributed by atoms with van der Waals surface area (Å²) in [6.07, 6.45) is 0.127. The number of amides is 2. The highest BCUT2D eigenvalue weighted by Crippen LogP contribution is 2.35. The van der Waals surface area contributed by atoms with Crippen LogP contribution >= 0.6 is 0 Å². The number of hydrogen-bond donors (Lipinski definition) is 0. The van der Waals surface area contributed by atoms with Crippen molar-refractivity contribution in [3.05, 3.63) is 53.1 Å². The molecule has 5 heteroatoms. The maximum atomic E-state index is 12.9. The van der Waals surface area contributed by atoms with Gasteiger partial charge in [-0.2, -0.15) is 0 Å². The van der Waals surface area contributed by atoms with Crippen LogP contribution in [0, 0.1) is 6.92 Å². The van der Waals surface area contributed by atoms with Crippen molar-refractivity contribution < 1.29 is 19.1 Å². The molecule has 0 unspecified atom stereocenters. The topological polar surface area (TPSA) is 55.8 Å². The standard InChI is InChI=1S/C18H17NO4/c1-11-4-6-13(7-5-11)19-16(20)9-12-8-14(22-2)10-15(23-3)17(12)18(19)21/h4-8,10H,9H2,1-3H3. The van der Waals surface area contributed by atoms with Crippen LogP contribution in [0.3, 0.4) is 0 Å². The zero-order valence-corrected chi connectivity index (χ0v) is 13.3. The first kappa shape index (κ1) is 15.1. The Morgan fingerprint density at radius 2 is 1.70 bits per heavy atom. The number of fused-ring (bicyclic) bond motifs is 1. The van der Waals surface area contributed by atoms with Crippen LogP contribution in [0.15, 0.2) is 36.4 Å². The van der Waals surface area contributed by atoms with Crippen LogP contribution in [0.4, 0.5) is 5.69 Å². The number of ether oxygens (including phenoxy) is 2. The van der Waals surface area contributed by atoms with E-state index in [-0.39, 0.29) is 18.2 Å². The predicted molar refractivity (Wildman–Crippen MR) is 86.2 cm³/mol. The number of benzene rings is 2. The fraction of sp³-hybridized carbons (Fsp3) is 0.222. The normalized spacial score (nSPS) is 13.8. The van der Waals surface area contributed by atoms with Gasteiger partial charge in [0.25, 0.3) is 5.91 Å². The summed E-state index contributed by atoms with van der Waals surface area (Å²) < 4.78 is 10.5. The van der Waals surface area contributed by atoms with Gasteiger partial charge < -0.3 is 9.47 Å². The highest BCUT2D eigenvalue weighted by Gasteiger charge is 2.35. The minimum atomic E-state index is -0.375. The third-order valence-electron chi connectivity index (χ3n) is 3.91. The average Bonchev–Trinajstić information content (AvgIpc) is 2.55. The molecule has 1 aliphatic heterocycles. The van der Waals surface area contributed by atoms with Crippen molar-refractivity contribution in [3.63, 3.8) is 0 Å². The predicted octanol–water partition coefficient (Wildman–Crippen LogP) is 2.74. The summed E-state index contributed by atoms with van der Waals surface area (Å²) in [6.45, 7) is 1.95. The van der Waals surface area contributed by atoms with E-state index in [2.05, 4.69) is 0 Å². The summed E-state index contributed by atoms with van der Waals surface area (Å²) in [6, 6.07) is 10.6. The monoisotopic (exact) mass is 311 g/mol. The Labute approximate surface area is 134 Å². The van der Waals surface area contributed by atoms with Gasteiger partial charge in [0.05, 0.1) is 31.9 Å². The van der Waals surface area contributed by atoms with E-state index < -0.39 is 0 Å². The molecule has 0 atom stereocenters. The molecule has 0 N–H and O–H groups in total. The Hall–Kier alpha value is -2.82. The minimum Gasteiger partial charge on any atom is -0.497 e. The number of anilines is 1. The van der Waals surface area contributed by atoms with Crippen LogP contribution in [0.2, 0.25) is 0 Å². The van der Waals surface area contributed by atoms with Crippen LogP contribution in [0.5, 0.6) is 11.5 Å². The molecule has 1 aliphatic rings. The Kier molecular flexibility index (Phi) is 3.78. The first-order valence-electron chi connectivity index (χ1n) is 7.24. The molecular formula is C18H17NO4. The molecule has 0 aliphatic carbocycles. The third kappa shape index (κ3) is 2.54. The third-order valence-corrected chi connectivity index (χ3v) is 3.91. The number of methoxy groups -OCH3 is 2. The zero-order valence-electron chi connectivity index (χ0n) is 13.3. The fourth-order valence-corrected chi connectivity index (χ4v) is 2.73. The van der Waals surface area contributed by atoms with E-state index in [9.17, 15) is 9.59 Å². The van der Waals surface area contributed by atoms with E-state index in [4.69, 9.17) is 9.47 Å². The van der Waals surface area contributed by atoms with E-state index in [1.54, 1.807) is 24.3 Å². The highest BCUT2D eigenvalue weighted by atomic mass is 16.5. The van der Waals surface area contributed by atoms with Crippen LogP contribution < -0.4 is 14.4 Å². The Balaban J connectivity index is 2.11. The van der Waals surface area contributed by atoms with E-state index in [1.807, 2.05) is 19.1 Å². The molecule has 0 fully saturated rings. The lowest BCUT2D eigenvalue weighted by Gasteiger charge is -2.28. The first-order valence-corrected chi connectivity index (χ1v) is 7.24. The Morgan fingerprint density at radius 3 is 2.30 bits per heavy atom. The number of rotatable bonds is 3. The Morgan fingerprint density at radius 1 is 1.00 bits per heavy atom. The molecule has 118 valence electrons. The van der Waals surface area contributed by atoms with Gasteiger partial charge in [0.15, 0.2) is 0 Å². The largest absolute Gasteiger partial charge is 0.497 e. The molecule has 2 aromatic carbocycles. The second-order valence-corrected chi connectivity index (χ2v) is 5.41. The first-order chi connectivity index (χ1) is 11.0. The molecule has 2 amide bonds. The molecule has 0 spiro atoms. The van der Waals surface area contributed by atoms with Gasteiger partial charge in [-0.25, -0.2) is 4.90 Å². The van der Waals surface area contributed by atoms with Crippen molar-refractivity contribution in [2.45, 2.75) is 13.3 Å². The molecule has 0 bridgehead atoms. The van der Waals surface area contributed by atoms with Crippen LogP contribution in [0.25, 0.3) is 0 Å². The zero-order chi connectivity index (χ0) is 16.6. The summed E-state index contributed by atoms with van der Waals surface area (Å²) in [5.41, 5.74) is 2.66. The summed E-state index contributed by atoms with van der Waals surface area (Å²) in [4.78, 5) is 26.6. The van der Waals surface area contributed by atoms with Gasteiger partial charge in [-0.3, -0.25) is 9.59 Å². The van der Waals surface area contributed by atoms with E-state index in [0.29, 0.717) is 28.3 Å². The number of carbonyl (C=O) groups is 2. The molecule has 5 nitrogen and oxygen atoms in total.